The summed E-state index contributed by atoms with van der Waals surface area (Å²) in [6.45, 7) is 0.468. The molecule has 0 saturated carbocycles. The zero-order chi connectivity index (χ0) is 15.4. The average molecular weight is 310 g/mol. The minimum absolute atomic E-state index is 0.152. The number of amidine groups is 1. The number of hydrogen-bond donors (Lipinski definition) is 2. The third-order valence-corrected chi connectivity index (χ3v) is 3.93. The Morgan fingerprint density at radius 3 is 2.55 bits per heavy atom. The molecule has 2 N–H and O–H groups in total. The molecule has 0 atom stereocenters. The summed E-state index contributed by atoms with van der Waals surface area (Å²) in [6, 6.07) is 17.5. The third kappa shape index (κ3) is 3.38. The van der Waals surface area contributed by atoms with Crippen LogP contribution < -0.4 is 10.1 Å². The molecular formula is C17H14N2O2S. The highest BCUT2D eigenvalue weighted by molar-refractivity contribution is 8.18. The van der Waals surface area contributed by atoms with Crippen LogP contribution >= 0.6 is 11.8 Å². The second-order valence-electron chi connectivity index (χ2n) is 4.71. The van der Waals surface area contributed by atoms with Crippen molar-refractivity contribution in [3.63, 3.8) is 0 Å². The van der Waals surface area contributed by atoms with Crippen LogP contribution in [0, 0.1) is 5.41 Å². The van der Waals surface area contributed by atoms with Gasteiger partial charge in [-0.05, 0) is 29.5 Å². The summed E-state index contributed by atoms with van der Waals surface area (Å²) in [5, 5.41) is 10.1. The monoisotopic (exact) mass is 310 g/mol. The average Bonchev–Trinajstić information content (AvgIpc) is 2.85. The molecular weight excluding hydrogens is 296 g/mol. The smallest absolute Gasteiger partial charge is 0.264 e. The molecule has 5 heteroatoms. The van der Waals surface area contributed by atoms with Gasteiger partial charge in [-0.1, -0.05) is 48.5 Å². The van der Waals surface area contributed by atoms with Crippen molar-refractivity contribution in [3.05, 3.63) is 70.6 Å². The van der Waals surface area contributed by atoms with Crippen molar-refractivity contribution in [2.45, 2.75) is 6.61 Å². The van der Waals surface area contributed by atoms with Crippen molar-refractivity contribution in [2.75, 3.05) is 0 Å². The molecule has 0 spiro atoms. The van der Waals surface area contributed by atoms with Crippen LogP contribution in [-0.2, 0) is 11.4 Å². The lowest BCUT2D eigenvalue weighted by atomic mass is 10.2. The van der Waals surface area contributed by atoms with E-state index in [9.17, 15) is 4.79 Å². The molecule has 1 aliphatic heterocycles. The van der Waals surface area contributed by atoms with Gasteiger partial charge in [-0.25, -0.2) is 0 Å². The molecule has 0 radical (unpaired) electrons. The summed E-state index contributed by atoms with van der Waals surface area (Å²) in [7, 11) is 0. The molecule has 110 valence electrons. The Hall–Kier alpha value is -2.53. The Balaban J connectivity index is 1.80. The Labute approximate surface area is 132 Å². The van der Waals surface area contributed by atoms with Gasteiger partial charge in [0, 0.05) is 5.56 Å². The summed E-state index contributed by atoms with van der Waals surface area (Å²) in [4.78, 5) is 12.2. The second kappa shape index (κ2) is 6.49. The molecule has 1 saturated heterocycles. The van der Waals surface area contributed by atoms with Crippen LogP contribution in [0.15, 0.2) is 59.5 Å². The van der Waals surface area contributed by atoms with Crippen molar-refractivity contribution < 1.29 is 9.53 Å². The van der Waals surface area contributed by atoms with Crippen molar-refractivity contribution >= 4 is 28.9 Å². The number of thioether (sulfide) groups is 1. The predicted octanol–water partition coefficient (Wildman–Crippen LogP) is 3.40. The maximum atomic E-state index is 11.7. The van der Waals surface area contributed by atoms with E-state index in [1.54, 1.807) is 6.08 Å². The van der Waals surface area contributed by atoms with Gasteiger partial charge in [0.2, 0.25) is 0 Å². The van der Waals surface area contributed by atoms with E-state index < -0.39 is 0 Å². The van der Waals surface area contributed by atoms with Gasteiger partial charge >= 0.3 is 0 Å². The Morgan fingerprint density at radius 1 is 1.09 bits per heavy atom. The van der Waals surface area contributed by atoms with Crippen LogP contribution in [0.3, 0.4) is 0 Å². The van der Waals surface area contributed by atoms with Crippen LogP contribution in [0.25, 0.3) is 6.08 Å². The first-order chi connectivity index (χ1) is 10.7. The maximum absolute atomic E-state index is 11.7. The first-order valence-corrected chi connectivity index (χ1v) is 7.59. The predicted molar refractivity (Wildman–Crippen MR) is 88.7 cm³/mol. The van der Waals surface area contributed by atoms with E-state index in [2.05, 4.69) is 5.32 Å². The van der Waals surface area contributed by atoms with Crippen LogP contribution in [-0.4, -0.2) is 11.1 Å². The van der Waals surface area contributed by atoms with E-state index in [-0.39, 0.29) is 11.1 Å². The van der Waals surface area contributed by atoms with E-state index in [1.807, 2.05) is 54.6 Å². The molecule has 0 unspecified atom stereocenters. The van der Waals surface area contributed by atoms with E-state index in [0.717, 1.165) is 22.9 Å². The topological polar surface area (TPSA) is 62.2 Å². The first-order valence-electron chi connectivity index (χ1n) is 6.77. The fraction of sp³-hybridized carbons (Fsp3) is 0.0588. The van der Waals surface area contributed by atoms with Gasteiger partial charge in [-0.15, -0.1) is 0 Å². The largest absolute Gasteiger partial charge is 0.488 e. The SMILES string of the molecule is N=C1NC(=O)C(=Cc2ccccc2OCc2ccccc2)S1. The summed E-state index contributed by atoms with van der Waals surface area (Å²) in [5.41, 5.74) is 1.91. The molecule has 3 rings (SSSR count). The molecule has 1 fully saturated rings. The van der Waals surface area contributed by atoms with Crippen LogP contribution in [0.4, 0.5) is 0 Å². The quantitative estimate of drug-likeness (QED) is 0.851. The van der Waals surface area contributed by atoms with Gasteiger partial charge in [-0.3, -0.25) is 10.2 Å². The van der Waals surface area contributed by atoms with Crippen molar-refractivity contribution in [2.24, 2.45) is 0 Å². The van der Waals surface area contributed by atoms with Gasteiger partial charge in [0.1, 0.15) is 12.4 Å². The first kappa shape index (κ1) is 14.4. The third-order valence-electron chi connectivity index (χ3n) is 3.11. The van der Waals surface area contributed by atoms with Gasteiger partial charge in [0.05, 0.1) is 4.91 Å². The lowest BCUT2D eigenvalue weighted by molar-refractivity contribution is -0.115. The second-order valence-corrected chi connectivity index (χ2v) is 5.76. The minimum atomic E-state index is -0.243. The number of carbonyl (C=O) groups excluding carboxylic acids is 1. The molecule has 0 aliphatic carbocycles. The van der Waals surface area contributed by atoms with Crippen molar-refractivity contribution in [1.29, 1.82) is 5.41 Å². The normalized spacial score (nSPS) is 15.9. The number of hydrogen-bond acceptors (Lipinski definition) is 4. The van der Waals surface area contributed by atoms with Gasteiger partial charge in [0.15, 0.2) is 5.17 Å². The Bertz CT molecular complexity index is 741. The molecule has 1 amide bonds. The highest BCUT2D eigenvalue weighted by Gasteiger charge is 2.22. The molecule has 1 heterocycles. The molecule has 0 aromatic heterocycles. The van der Waals surface area contributed by atoms with Gasteiger partial charge in [0.25, 0.3) is 5.91 Å². The summed E-state index contributed by atoms with van der Waals surface area (Å²) in [5.74, 6) is 0.471. The van der Waals surface area contributed by atoms with Crippen LogP contribution in [0.2, 0.25) is 0 Å². The number of benzene rings is 2. The number of ether oxygens (including phenoxy) is 1. The zero-order valence-electron chi connectivity index (χ0n) is 11.7. The fourth-order valence-electron chi connectivity index (χ4n) is 2.05. The molecule has 0 bridgehead atoms. The number of rotatable bonds is 4. The number of para-hydroxylation sites is 1. The van der Waals surface area contributed by atoms with Gasteiger partial charge < -0.3 is 10.1 Å². The van der Waals surface area contributed by atoms with Crippen molar-refractivity contribution in [1.82, 2.24) is 5.32 Å². The maximum Gasteiger partial charge on any atom is 0.264 e. The minimum Gasteiger partial charge on any atom is -0.488 e. The van der Waals surface area contributed by atoms with E-state index in [0.29, 0.717) is 17.3 Å². The number of nitrogens with one attached hydrogen (secondary N) is 2. The lowest BCUT2D eigenvalue weighted by Crippen LogP contribution is -2.18. The lowest BCUT2D eigenvalue weighted by Gasteiger charge is -2.09. The Kier molecular flexibility index (Phi) is 4.25. The number of carbonyl (C=O) groups is 1. The standard InChI is InChI=1S/C17H14N2O2S/c18-17-19-16(20)15(22-17)10-13-8-4-5-9-14(13)21-11-12-6-2-1-3-7-12/h1-10H,11H2,(H2,18,19,20). The van der Waals surface area contributed by atoms with Gasteiger partial charge in [-0.2, -0.15) is 0 Å². The number of amides is 1. The molecule has 4 nitrogen and oxygen atoms in total. The fourth-order valence-corrected chi connectivity index (χ4v) is 2.74. The Morgan fingerprint density at radius 2 is 1.82 bits per heavy atom. The van der Waals surface area contributed by atoms with E-state index >= 15 is 0 Å². The molecule has 2 aromatic rings. The molecule has 1 aliphatic rings. The summed E-state index contributed by atoms with van der Waals surface area (Å²) >= 11 is 1.12. The summed E-state index contributed by atoms with van der Waals surface area (Å²) in [6.07, 6.45) is 1.75. The molecule has 22 heavy (non-hydrogen) atoms. The summed E-state index contributed by atoms with van der Waals surface area (Å²) < 4.78 is 5.86. The van der Waals surface area contributed by atoms with E-state index in [4.69, 9.17) is 10.1 Å². The van der Waals surface area contributed by atoms with Crippen molar-refractivity contribution in [3.8, 4) is 5.75 Å². The highest BCUT2D eigenvalue weighted by Crippen LogP contribution is 2.29. The van der Waals surface area contributed by atoms with Crippen LogP contribution in [0.1, 0.15) is 11.1 Å². The van der Waals surface area contributed by atoms with E-state index in [1.165, 1.54) is 0 Å². The molecule has 2 aromatic carbocycles. The highest BCUT2D eigenvalue weighted by atomic mass is 32.2. The van der Waals surface area contributed by atoms with Crippen LogP contribution in [0.5, 0.6) is 5.75 Å². The zero-order valence-corrected chi connectivity index (χ0v) is 12.5.